The summed E-state index contributed by atoms with van der Waals surface area (Å²) in [4.78, 5) is 4.15. The highest BCUT2D eigenvalue weighted by atomic mass is 35.5. The Morgan fingerprint density at radius 1 is 0.696 bits per heavy atom. The molecule has 0 aliphatic heterocycles. The van der Waals surface area contributed by atoms with Crippen LogP contribution in [-0.2, 0) is 0 Å². The summed E-state index contributed by atoms with van der Waals surface area (Å²) in [6.07, 6.45) is -0.435. The van der Waals surface area contributed by atoms with Gasteiger partial charge in [-0.15, -0.1) is 12.4 Å². The first kappa shape index (κ1) is 19.3. The largest absolute Gasteiger partial charge is 0.392 e. The zero-order valence-corrected chi connectivity index (χ0v) is 15.3. The van der Waals surface area contributed by atoms with Crippen LogP contribution in [-0.4, -0.2) is 39.4 Å². The SMILES string of the molecule is CC(O)C(c1ccc(N(C)C)cc1)c1ccc(N(C)C)cc1.Cl. The molecule has 0 bridgehead atoms. The average molecular weight is 335 g/mol. The van der Waals surface area contributed by atoms with Crippen LogP contribution in [0.3, 0.4) is 0 Å². The molecule has 3 nitrogen and oxygen atoms in total. The predicted molar refractivity (Wildman–Crippen MR) is 102 cm³/mol. The minimum atomic E-state index is -0.435. The van der Waals surface area contributed by atoms with Gasteiger partial charge in [0.2, 0.25) is 0 Å². The summed E-state index contributed by atoms with van der Waals surface area (Å²) in [5, 5.41) is 10.3. The molecule has 0 heterocycles. The van der Waals surface area contributed by atoms with Gasteiger partial charge in [0.1, 0.15) is 0 Å². The molecule has 126 valence electrons. The Labute approximate surface area is 146 Å². The number of nitrogens with zero attached hydrogens (tertiary/aromatic N) is 2. The maximum atomic E-state index is 10.3. The normalized spacial score (nSPS) is 11.8. The molecule has 4 heteroatoms. The lowest BCUT2D eigenvalue weighted by atomic mass is 9.87. The number of hydrogen-bond donors (Lipinski definition) is 1. The Balaban J connectivity index is 0.00000264. The molecule has 1 unspecified atom stereocenters. The van der Waals surface area contributed by atoms with E-state index in [9.17, 15) is 5.11 Å². The van der Waals surface area contributed by atoms with Crippen molar-refractivity contribution in [3.63, 3.8) is 0 Å². The van der Waals surface area contributed by atoms with E-state index in [1.54, 1.807) is 0 Å². The van der Waals surface area contributed by atoms with Crippen LogP contribution >= 0.6 is 12.4 Å². The van der Waals surface area contributed by atoms with Crippen LogP contribution in [0.15, 0.2) is 48.5 Å². The quantitative estimate of drug-likeness (QED) is 0.902. The van der Waals surface area contributed by atoms with E-state index in [1.807, 2.05) is 35.1 Å². The van der Waals surface area contributed by atoms with Crippen LogP contribution in [0.1, 0.15) is 24.0 Å². The molecule has 0 fully saturated rings. The first-order valence-corrected chi connectivity index (χ1v) is 7.63. The van der Waals surface area contributed by atoms with Gasteiger partial charge in [-0.3, -0.25) is 0 Å². The molecule has 0 saturated carbocycles. The van der Waals surface area contributed by atoms with E-state index < -0.39 is 6.10 Å². The Bertz CT molecular complexity index is 540. The second-order valence-electron chi connectivity index (χ2n) is 6.19. The van der Waals surface area contributed by atoms with Gasteiger partial charge in [0, 0.05) is 45.5 Å². The number of anilines is 2. The molecule has 0 aromatic heterocycles. The fourth-order valence-corrected chi connectivity index (χ4v) is 2.71. The summed E-state index contributed by atoms with van der Waals surface area (Å²) in [5.74, 6) is -0.00701. The highest BCUT2D eigenvalue weighted by Gasteiger charge is 2.19. The number of halogens is 1. The molecule has 23 heavy (non-hydrogen) atoms. The minimum absolute atomic E-state index is 0. The van der Waals surface area contributed by atoms with Gasteiger partial charge in [0.05, 0.1) is 6.10 Å². The maximum absolute atomic E-state index is 10.3. The zero-order chi connectivity index (χ0) is 16.3. The summed E-state index contributed by atoms with van der Waals surface area (Å²) in [6.45, 7) is 1.85. The smallest absolute Gasteiger partial charge is 0.0621 e. The van der Waals surface area contributed by atoms with Crippen molar-refractivity contribution in [1.82, 2.24) is 0 Å². The van der Waals surface area contributed by atoms with Crippen LogP contribution in [0, 0.1) is 0 Å². The fourth-order valence-electron chi connectivity index (χ4n) is 2.71. The van der Waals surface area contributed by atoms with Crippen molar-refractivity contribution < 1.29 is 5.11 Å². The zero-order valence-electron chi connectivity index (χ0n) is 14.5. The van der Waals surface area contributed by atoms with E-state index in [0.717, 1.165) is 22.5 Å². The minimum Gasteiger partial charge on any atom is -0.392 e. The van der Waals surface area contributed by atoms with E-state index in [4.69, 9.17) is 0 Å². The summed E-state index contributed by atoms with van der Waals surface area (Å²) in [7, 11) is 8.12. The van der Waals surface area contributed by atoms with Crippen molar-refractivity contribution in [1.29, 1.82) is 0 Å². The summed E-state index contributed by atoms with van der Waals surface area (Å²) in [6, 6.07) is 16.8. The maximum Gasteiger partial charge on any atom is 0.0621 e. The lowest BCUT2D eigenvalue weighted by Crippen LogP contribution is -2.17. The second kappa shape index (κ2) is 8.23. The third kappa shape index (κ3) is 4.63. The standard InChI is InChI=1S/C19H26N2O.ClH/c1-14(22)19(15-6-10-17(11-7-15)20(2)3)16-8-12-18(13-9-16)21(4)5;/h6-14,19,22H,1-5H3;1H. The van der Waals surface area contributed by atoms with Gasteiger partial charge in [-0.05, 0) is 42.3 Å². The molecular formula is C19H27ClN2O. The van der Waals surface area contributed by atoms with E-state index in [1.165, 1.54) is 0 Å². The van der Waals surface area contributed by atoms with Crippen molar-refractivity contribution >= 4 is 23.8 Å². The van der Waals surface area contributed by atoms with Crippen molar-refractivity contribution in [2.24, 2.45) is 0 Å². The van der Waals surface area contributed by atoms with Crippen molar-refractivity contribution in [2.75, 3.05) is 38.0 Å². The number of aliphatic hydroxyl groups is 1. The molecule has 1 atom stereocenters. The van der Waals surface area contributed by atoms with E-state index >= 15 is 0 Å². The summed E-state index contributed by atoms with van der Waals surface area (Å²) in [5.41, 5.74) is 4.60. The highest BCUT2D eigenvalue weighted by Crippen LogP contribution is 2.30. The molecule has 2 aromatic carbocycles. The Morgan fingerprint density at radius 3 is 1.22 bits per heavy atom. The van der Waals surface area contributed by atoms with Crippen molar-refractivity contribution in [3.8, 4) is 0 Å². The molecule has 0 radical (unpaired) electrons. The molecule has 1 N–H and O–H groups in total. The molecule has 0 amide bonds. The van der Waals surface area contributed by atoms with Gasteiger partial charge in [0.15, 0.2) is 0 Å². The van der Waals surface area contributed by atoms with Gasteiger partial charge in [-0.25, -0.2) is 0 Å². The summed E-state index contributed by atoms with van der Waals surface area (Å²) < 4.78 is 0. The molecule has 2 aromatic rings. The van der Waals surface area contributed by atoms with Crippen molar-refractivity contribution in [3.05, 3.63) is 59.7 Å². The summed E-state index contributed by atoms with van der Waals surface area (Å²) >= 11 is 0. The fraction of sp³-hybridized carbons (Fsp3) is 0.368. The Kier molecular flexibility index (Phi) is 6.92. The molecular weight excluding hydrogens is 308 g/mol. The van der Waals surface area contributed by atoms with Crippen LogP contribution < -0.4 is 9.80 Å². The number of rotatable bonds is 5. The van der Waals surface area contributed by atoms with E-state index in [-0.39, 0.29) is 18.3 Å². The topological polar surface area (TPSA) is 26.7 Å². The highest BCUT2D eigenvalue weighted by molar-refractivity contribution is 5.85. The number of aliphatic hydroxyl groups excluding tert-OH is 1. The molecule has 0 aliphatic rings. The lowest BCUT2D eigenvalue weighted by molar-refractivity contribution is 0.176. The van der Waals surface area contributed by atoms with E-state index in [0.29, 0.717) is 0 Å². The van der Waals surface area contributed by atoms with Gasteiger partial charge < -0.3 is 14.9 Å². The third-order valence-corrected chi connectivity index (χ3v) is 4.02. The monoisotopic (exact) mass is 334 g/mol. The first-order valence-electron chi connectivity index (χ1n) is 7.63. The van der Waals surface area contributed by atoms with Gasteiger partial charge in [0.25, 0.3) is 0 Å². The Morgan fingerprint density at radius 2 is 1.00 bits per heavy atom. The second-order valence-corrected chi connectivity index (χ2v) is 6.19. The van der Waals surface area contributed by atoms with Gasteiger partial charge >= 0.3 is 0 Å². The number of benzene rings is 2. The van der Waals surface area contributed by atoms with Crippen LogP contribution in [0.4, 0.5) is 11.4 Å². The van der Waals surface area contributed by atoms with Crippen LogP contribution in [0.2, 0.25) is 0 Å². The van der Waals surface area contributed by atoms with Crippen molar-refractivity contribution in [2.45, 2.75) is 18.9 Å². The predicted octanol–water partition coefficient (Wildman–Crippen LogP) is 3.75. The third-order valence-electron chi connectivity index (χ3n) is 4.02. The lowest BCUT2D eigenvalue weighted by Gasteiger charge is -2.23. The van der Waals surface area contributed by atoms with E-state index in [2.05, 4.69) is 58.3 Å². The first-order chi connectivity index (χ1) is 10.4. The number of hydrogen-bond acceptors (Lipinski definition) is 3. The van der Waals surface area contributed by atoms with Gasteiger partial charge in [-0.2, -0.15) is 0 Å². The average Bonchev–Trinajstić information content (AvgIpc) is 2.48. The molecule has 0 spiro atoms. The molecule has 2 rings (SSSR count). The van der Waals surface area contributed by atoms with Crippen LogP contribution in [0.25, 0.3) is 0 Å². The molecule has 0 saturated heterocycles. The Hall–Kier alpha value is -1.71. The van der Waals surface area contributed by atoms with Crippen LogP contribution in [0.5, 0.6) is 0 Å². The molecule has 0 aliphatic carbocycles. The van der Waals surface area contributed by atoms with Gasteiger partial charge in [-0.1, -0.05) is 24.3 Å².